The standard InChI is InChI=1S/C17H16N4O5S.C16H12N4O5.C14H8Cl2N4O3.C14H8F2N4O3.2C14H9N5O5/c1-2-8-27(25,26)13-6-7-14-15(10-13)19-17(18-14)20-16(22)11-4-3-5-12(9-11)21(23)24;1-25-15(22)10-5-6-12-13(8-10)18-16(17-12)19-14(21)9-3-2-4-11(7-9)20(23)24;2*15-9-5-11-12(6-10(9)16)18-14(17-11)19-13(21)7-2-1-3-8(4-7)20(22)23;20-13(8-3-1-4-9(7-8)18(21)22)17-14-15-10-5-2-6-11(19(23)24)12(10)16-14;20-13(8-2-1-3-9(6-8)18(21)22)17-14-15-11-5-4-10(19(23)24)7-12(11)16-14/h3-7,9-10H,2,8H2,1H3,(H2,18,19,20,22);2-8H,1H3,(H2,17,18,19,21);2*1-6H,(H2,17,18,19,21);2*1-7H,(H2,15,16,17,20). The molecule has 0 aliphatic rings. The summed E-state index contributed by atoms with van der Waals surface area (Å²) in [5, 5.41) is 102. The van der Waals surface area contributed by atoms with Crippen LogP contribution in [0.25, 0.3) is 66.2 Å². The molecule has 0 atom stereocenters. The summed E-state index contributed by atoms with van der Waals surface area (Å²) in [6, 6.07) is 54.2. The van der Waals surface area contributed by atoms with Crippen molar-refractivity contribution in [1.29, 1.82) is 0 Å². The second-order valence-corrected chi connectivity index (χ2v) is 32.7. The molecule has 0 fully saturated rings. The van der Waals surface area contributed by atoms with Crippen molar-refractivity contribution in [3.05, 3.63) is 384 Å². The Balaban J connectivity index is 0.000000147. The van der Waals surface area contributed by atoms with E-state index in [2.05, 4.69) is 96.4 Å². The number of nitrogens with zero attached hydrogens (tertiary/aromatic N) is 14. The fraction of sp³-hybridized carbons (Fsp3) is 0.0449. The molecule has 6 heterocycles. The average Bonchev–Trinajstić information content (AvgIpc) is 1.65. The van der Waals surface area contributed by atoms with Crippen LogP contribution in [0.1, 0.15) is 85.9 Å². The molecular formula is C89H62Cl2F2N26O26S. The van der Waals surface area contributed by atoms with E-state index in [0.29, 0.717) is 71.7 Å². The van der Waals surface area contributed by atoms with Crippen LogP contribution in [-0.4, -0.2) is 162 Å². The van der Waals surface area contributed by atoms with Gasteiger partial charge < -0.3 is 34.6 Å². The predicted octanol–water partition coefficient (Wildman–Crippen LogP) is 17.7. The number of rotatable bonds is 24. The fourth-order valence-electron chi connectivity index (χ4n) is 13.1. The minimum Gasteiger partial charge on any atom is -0.465 e. The van der Waals surface area contributed by atoms with E-state index < -0.39 is 102 Å². The number of methoxy groups -OCH3 is 1. The van der Waals surface area contributed by atoms with Crippen molar-refractivity contribution in [2.75, 3.05) is 44.8 Å². The Kier molecular flexibility index (Phi) is 31.6. The quantitative estimate of drug-likeness (QED) is 0.0152. The number of esters is 1. The molecule has 0 bridgehead atoms. The van der Waals surface area contributed by atoms with Gasteiger partial charge in [0.25, 0.3) is 80.9 Å². The van der Waals surface area contributed by atoms with Crippen LogP contribution < -0.4 is 31.9 Å². The number of sulfone groups is 1. The number of carbonyl (C=O) groups is 7. The van der Waals surface area contributed by atoms with E-state index in [1.165, 1.54) is 171 Å². The number of benzene rings is 12. The van der Waals surface area contributed by atoms with Gasteiger partial charge >= 0.3 is 5.97 Å². The van der Waals surface area contributed by atoms with Crippen LogP contribution in [0.3, 0.4) is 0 Å². The Hall–Kier alpha value is -20.7. The summed E-state index contributed by atoms with van der Waals surface area (Å²) < 4.78 is 55.3. The monoisotopic (exact) mass is 2050 g/mol. The Bertz CT molecular complexity index is 8260. The zero-order valence-electron chi connectivity index (χ0n) is 73.8. The summed E-state index contributed by atoms with van der Waals surface area (Å²) >= 11 is 11.8. The molecule has 0 unspecified atom stereocenters. The van der Waals surface area contributed by atoms with Gasteiger partial charge in [-0.25, -0.2) is 51.9 Å². The number of non-ortho nitro benzene ring substituents is 8. The summed E-state index contributed by atoms with van der Waals surface area (Å²) in [5.74, 6) is -5.51. The number of imidazole rings is 6. The molecule has 57 heteroatoms. The normalized spacial score (nSPS) is 10.7. The molecular weight excluding hydrogens is 1990 g/mol. The molecule has 18 aromatic rings. The SMILES string of the molecule is CCCS(=O)(=O)c1ccc2nc(NC(=O)c3cccc([N+](=O)[O-])c3)[nH]c2c1.COC(=O)c1ccc2nc(NC(=O)c3cccc([N+](=O)[O-])c3)[nH]c2c1.O=C(Nc1nc2c([N+](=O)[O-])cccc2[nH]1)c1cccc([N+](=O)[O-])c1.O=C(Nc1nc2cc(Cl)c(Cl)cc2[nH]1)c1cccc([N+](=O)[O-])c1.O=C(Nc1nc2cc(F)c(F)cc2[nH]1)c1cccc([N+](=O)[O-])c1.O=C(Nc1nc2ccc([N+](=O)[O-])cc2[nH]1)c1cccc([N+](=O)[O-])c1. The molecule has 0 aliphatic carbocycles. The highest BCUT2D eigenvalue weighted by atomic mass is 35.5. The molecule has 0 aliphatic heterocycles. The van der Waals surface area contributed by atoms with Crippen LogP contribution in [0, 0.1) is 92.5 Å². The summed E-state index contributed by atoms with van der Waals surface area (Å²) in [6.45, 7) is 1.79. The molecule has 0 radical (unpaired) electrons. The molecule has 6 aromatic heterocycles. The van der Waals surface area contributed by atoms with E-state index in [4.69, 9.17) is 23.2 Å². The summed E-state index contributed by atoms with van der Waals surface area (Å²) in [5.41, 5.74) is 4.28. The van der Waals surface area contributed by atoms with E-state index in [9.17, 15) is 132 Å². The van der Waals surface area contributed by atoms with Crippen molar-refractivity contribution in [3.63, 3.8) is 0 Å². The number of H-pyrrole nitrogens is 6. The number of fused-ring (bicyclic) bond motifs is 6. The summed E-state index contributed by atoms with van der Waals surface area (Å²) in [6.07, 6.45) is 0.508. The minimum absolute atomic E-state index is 0.0100. The number of carbonyl (C=O) groups excluding carboxylic acids is 7. The van der Waals surface area contributed by atoms with E-state index in [1.807, 2.05) is 0 Å². The smallest absolute Gasteiger partial charge is 0.337 e. The number of hydrogen-bond acceptors (Lipinski definition) is 32. The second kappa shape index (κ2) is 44.9. The first-order chi connectivity index (χ1) is 69.5. The molecule has 18 rings (SSSR count). The number of aromatic nitrogens is 12. The fourth-order valence-corrected chi connectivity index (χ4v) is 14.8. The van der Waals surface area contributed by atoms with Gasteiger partial charge in [0, 0.05) is 137 Å². The first-order valence-corrected chi connectivity index (χ1v) is 43.6. The minimum atomic E-state index is -3.37. The molecule has 12 aromatic carbocycles. The highest BCUT2D eigenvalue weighted by Gasteiger charge is 2.25. The van der Waals surface area contributed by atoms with Gasteiger partial charge in [0.2, 0.25) is 35.7 Å². The van der Waals surface area contributed by atoms with Crippen molar-refractivity contribution in [3.8, 4) is 0 Å². The number of nitrogens with one attached hydrogen (secondary N) is 12. The van der Waals surface area contributed by atoms with Gasteiger partial charge in [-0.05, 0) is 103 Å². The number of nitro groups is 8. The van der Waals surface area contributed by atoms with Gasteiger partial charge in [0.1, 0.15) is 0 Å². The average molecular weight is 2050 g/mol. The van der Waals surface area contributed by atoms with Gasteiger partial charge in [0.15, 0.2) is 27.0 Å². The Labute approximate surface area is 819 Å². The number of para-hydroxylation sites is 1. The Morgan fingerprint density at radius 1 is 0.315 bits per heavy atom. The van der Waals surface area contributed by atoms with Crippen LogP contribution in [-0.2, 0) is 14.6 Å². The van der Waals surface area contributed by atoms with Crippen LogP contribution >= 0.6 is 23.2 Å². The van der Waals surface area contributed by atoms with Crippen molar-refractivity contribution >= 4 is 222 Å². The molecule has 0 saturated carbocycles. The van der Waals surface area contributed by atoms with Crippen molar-refractivity contribution in [2.45, 2.75) is 18.2 Å². The lowest BCUT2D eigenvalue weighted by Crippen LogP contribution is -2.13. The molecule has 738 valence electrons. The maximum absolute atomic E-state index is 13.1. The number of anilines is 6. The largest absolute Gasteiger partial charge is 0.465 e. The second-order valence-electron chi connectivity index (χ2n) is 29.8. The molecule has 52 nitrogen and oxygen atoms in total. The maximum atomic E-state index is 13.1. The van der Waals surface area contributed by atoms with Gasteiger partial charge in [-0.1, -0.05) is 72.6 Å². The molecule has 0 spiro atoms. The molecule has 12 N–H and O–H groups in total. The van der Waals surface area contributed by atoms with E-state index >= 15 is 0 Å². The third kappa shape index (κ3) is 25.6. The lowest BCUT2D eigenvalue weighted by Gasteiger charge is -2.02. The lowest BCUT2D eigenvalue weighted by molar-refractivity contribution is -0.385. The van der Waals surface area contributed by atoms with Gasteiger partial charge in [-0.15, -0.1) is 0 Å². The Morgan fingerprint density at radius 2 is 0.603 bits per heavy atom. The van der Waals surface area contributed by atoms with Crippen LogP contribution in [0.15, 0.2) is 248 Å². The Morgan fingerprint density at radius 3 is 0.959 bits per heavy atom. The first-order valence-electron chi connectivity index (χ1n) is 41.2. The molecule has 146 heavy (non-hydrogen) atoms. The summed E-state index contributed by atoms with van der Waals surface area (Å²) in [4.78, 5) is 208. The number of halogens is 4. The third-order valence-electron chi connectivity index (χ3n) is 19.9. The lowest BCUT2D eigenvalue weighted by atomic mass is 10.2. The highest BCUT2D eigenvalue weighted by molar-refractivity contribution is 7.91. The molecule has 0 saturated heterocycles. The van der Waals surface area contributed by atoms with Gasteiger partial charge in [0.05, 0.1) is 133 Å². The third-order valence-corrected chi connectivity index (χ3v) is 22.5. The number of aromatic amines is 6. The molecule has 6 amide bonds. The van der Waals surface area contributed by atoms with E-state index in [1.54, 1.807) is 49.4 Å². The number of hydrogen-bond donors (Lipinski definition) is 12. The van der Waals surface area contributed by atoms with E-state index in [-0.39, 0.29) is 142 Å². The topological polar surface area (TPSA) is 752 Å². The van der Waals surface area contributed by atoms with Crippen LogP contribution in [0.4, 0.5) is 90.0 Å². The van der Waals surface area contributed by atoms with Gasteiger partial charge in [-0.2, -0.15) is 0 Å². The maximum Gasteiger partial charge on any atom is 0.337 e. The van der Waals surface area contributed by atoms with Crippen LogP contribution in [0.5, 0.6) is 0 Å². The number of ether oxygens (including phenoxy) is 1. The van der Waals surface area contributed by atoms with Crippen molar-refractivity contribution in [2.24, 2.45) is 0 Å². The van der Waals surface area contributed by atoms with Crippen LogP contribution in [0.2, 0.25) is 10.0 Å². The number of nitro benzene ring substituents is 8. The van der Waals surface area contributed by atoms with E-state index in [0.717, 1.165) is 36.4 Å². The van der Waals surface area contributed by atoms with Crippen molar-refractivity contribution < 1.29 is 94.9 Å². The predicted molar refractivity (Wildman–Crippen MR) is 520 cm³/mol. The summed E-state index contributed by atoms with van der Waals surface area (Å²) in [7, 11) is -2.09. The first kappa shape index (κ1) is 103. The van der Waals surface area contributed by atoms with Gasteiger partial charge in [-0.3, -0.25) is 142 Å². The highest BCUT2D eigenvalue weighted by Crippen LogP contribution is 2.32. The number of amides is 6. The zero-order valence-corrected chi connectivity index (χ0v) is 76.1. The van der Waals surface area contributed by atoms with Crippen molar-refractivity contribution in [1.82, 2.24) is 59.8 Å². The zero-order chi connectivity index (χ0) is 105.